The number of primary amides is 1. The second-order valence-electron chi connectivity index (χ2n) is 9.11. The molecule has 10 heteroatoms. The average molecular weight is 489 g/mol. The van der Waals surface area contributed by atoms with Crippen LogP contribution in [0.25, 0.3) is 11.5 Å². The number of alkyl halides is 3. The minimum atomic E-state index is -4.44. The zero-order chi connectivity index (χ0) is 25.2. The average Bonchev–Trinajstić information content (AvgIpc) is 3.51. The molecule has 0 aliphatic carbocycles. The summed E-state index contributed by atoms with van der Waals surface area (Å²) in [6.07, 6.45) is -2.40. The van der Waals surface area contributed by atoms with Crippen molar-refractivity contribution in [3.8, 4) is 17.2 Å². The van der Waals surface area contributed by atoms with Crippen LogP contribution < -0.4 is 10.5 Å². The van der Waals surface area contributed by atoms with E-state index in [0.717, 1.165) is 23.3 Å². The Labute approximate surface area is 201 Å². The summed E-state index contributed by atoms with van der Waals surface area (Å²) in [6.45, 7) is 4.77. The Hall–Kier alpha value is -3.40. The Morgan fingerprint density at radius 1 is 1.26 bits per heavy atom. The van der Waals surface area contributed by atoms with E-state index in [-0.39, 0.29) is 17.8 Å². The minimum absolute atomic E-state index is 0.00710. The van der Waals surface area contributed by atoms with E-state index in [1.165, 1.54) is 18.5 Å². The van der Waals surface area contributed by atoms with Crippen LogP contribution in [0.15, 0.2) is 59.4 Å². The zero-order valence-electron chi connectivity index (χ0n) is 19.5. The van der Waals surface area contributed by atoms with Gasteiger partial charge in [-0.3, -0.25) is 9.69 Å². The maximum atomic E-state index is 13.0. The monoisotopic (exact) mass is 488 g/mol. The maximum Gasteiger partial charge on any atom is 0.416 e. The SMILES string of the molecule is C[C@@H](CC(C)(C(N)=O)N1CC[C@@H](Oc2cccc(C(F)(F)F)c2)C1)c1ccc(-c2ncno2)cc1. The van der Waals surface area contributed by atoms with E-state index in [1.54, 1.807) is 0 Å². The van der Waals surface area contributed by atoms with E-state index in [0.29, 0.717) is 31.8 Å². The molecule has 0 radical (unpaired) electrons. The molecule has 1 aromatic heterocycles. The first-order valence-corrected chi connectivity index (χ1v) is 11.3. The second kappa shape index (κ2) is 9.69. The molecule has 2 N–H and O–H groups in total. The van der Waals surface area contributed by atoms with Gasteiger partial charge in [0.25, 0.3) is 5.89 Å². The summed E-state index contributed by atoms with van der Waals surface area (Å²) in [7, 11) is 0. The van der Waals surface area contributed by atoms with E-state index in [4.69, 9.17) is 15.0 Å². The van der Waals surface area contributed by atoms with Gasteiger partial charge in [-0.25, -0.2) is 0 Å². The minimum Gasteiger partial charge on any atom is -0.489 e. The molecule has 1 fully saturated rings. The lowest BCUT2D eigenvalue weighted by Crippen LogP contribution is -2.55. The number of likely N-dealkylation sites (tertiary alicyclic amines) is 1. The molecule has 2 heterocycles. The molecule has 3 aromatic rings. The number of ether oxygens (including phenoxy) is 1. The summed E-state index contributed by atoms with van der Waals surface area (Å²) in [4.78, 5) is 18.6. The number of amides is 1. The van der Waals surface area contributed by atoms with E-state index < -0.39 is 23.2 Å². The second-order valence-corrected chi connectivity index (χ2v) is 9.11. The molecule has 1 saturated heterocycles. The van der Waals surface area contributed by atoms with Gasteiger partial charge in [0.1, 0.15) is 11.9 Å². The Bertz CT molecular complexity index is 1150. The fraction of sp³-hybridized carbons (Fsp3) is 0.400. The highest BCUT2D eigenvalue weighted by molar-refractivity contribution is 5.84. The Balaban J connectivity index is 1.43. The van der Waals surface area contributed by atoms with Crippen LogP contribution in [-0.4, -0.2) is 45.7 Å². The summed E-state index contributed by atoms with van der Waals surface area (Å²) in [5.74, 6) is 0.136. The predicted octanol–water partition coefficient (Wildman–Crippen LogP) is 4.65. The standard InChI is InChI=1S/C25H27F3N4O3/c1-16(17-6-8-18(9-7-17)22-30-15-31-35-22)13-24(2,23(29)33)32-11-10-21(14-32)34-20-5-3-4-19(12-20)25(26,27)28/h3-9,12,15-16,21H,10-11,13-14H2,1-2H3,(H2,29,33)/t16-,21+,24?/m0/s1. The number of hydrogen-bond donors (Lipinski definition) is 1. The van der Waals surface area contributed by atoms with Gasteiger partial charge in [0.2, 0.25) is 5.91 Å². The molecule has 0 bridgehead atoms. The third-order valence-corrected chi connectivity index (χ3v) is 6.63. The molecule has 0 spiro atoms. The van der Waals surface area contributed by atoms with Crippen molar-refractivity contribution in [3.63, 3.8) is 0 Å². The molecule has 4 rings (SSSR count). The molecule has 1 aliphatic rings. The number of aromatic nitrogens is 2. The predicted molar refractivity (Wildman–Crippen MR) is 122 cm³/mol. The molecule has 3 atom stereocenters. The van der Waals surface area contributed by atoms with Gasteiger partial charge >= 0.3 is 6.18 Å². The lowest BCUT2D eigenvalue weighted by molar-refractivity contribution is -0.137. The van der Waals surface area contributed by atoms with Gasteiger partial charge in [0, 0.05) is 18.7 Å². The fourth-order valence-corrected chi connectivity index (χ4v) is 4.56. The Morgan fingerprint density at radius 2 is 2.00 bits per heavy atom. The van der Waals surface area contributed by atoms with Crippen LogP contribution in [0.2, 0.25) is 0 Å². The molecule has 0 saturated carbocycles. The van der Waals surface area contributed by atoms with Gasteiger partial charge < -0.3 is 15.0 Å². The quantitative estimate of drug-likeness (QED) is 0.496. The first-order valence-electron chi connectivity index (χ1n) is 11.3. The normalized spacial score (nSPS) is 19.3. The van der Waals surface area contributed by atoms with Crippen molar-refractivity contribution in [1.82, 2.24) is 15.0 Å². The van der Waals surface area contributed by atoms with Gasteiger partial charge in [0.15, 0.2) is 6.33 Å². The smallest absolute Gasteiger partial charge is 0.416 e. The molecule has 35 heavy (non-hydrogen) atoms. The highest BCUT2D eigenvalue weighted by Gasteiger charge is 2.43. The van der Waals surface area contributed by atoms with E-state index in [1.807, 2.05) is 43.0 Å². The molecule has 1 unspecified atom stereocenters. The third-order valence-electron chi connectivity index (χ3n) is 6.63. The van der Waals surface area contributed by atoms with Gasteiger partial charge in [-0.1, -0.05) is 30.3 Å². The molecule has 1 amide bonds. The van der Waals surface area contributed by atoms with Gasteiger partial charge in [-0.05, 0) is 61.6 Å². The highest BCUT2D eigenvalue weighted by Crippen LogP contribution is 2.35. The van der Waals surface area contributed by atoms with Crippen LogP contribution in [0.3, 0.4) is 0 Å². The van der Waals surface area contributed by atoms with Crippen molar-refractivity contribution in [2.45, 2.75) is 50.4 Å². The lowest BCUT2D eigenvalue weighted by atomic mass is 9.84. The lowest BCUT2D eigenvalue weighted by Gasteiger charge is -2.38. The first kappa shape index (κ1) is 24.7. The number of hydrogen-bond acceptors (Lipinski definition) is 6. The molecule has 1 aliphatic heterocycles. The maximum absolute atomic E-state index is 13.0. The zero-order valence-corrected chi connectivity index (χ0v) is 19.5. The van der Waals surface area contributed by atoms with E-state index in [2.05, 4.69) is 10.1 Å². The van der Waals surface area contributed by atoms with E-state index >= 15 is 0 Å². The largest absolute Gasteiger partial charge is 0.489 e. The summed E-state index contributed by atoms with van der Waals surface area (Å²) in [5.41, 5.74) is 5.97. The number of halogens is 3. The summed E-state index contributed by atoms with van der Waals surface area (Å²) in [5, 5.41) is 3.61. The summed E-state index contributed by atoms with van der Waals surface area (Å²) >= 11 is 0. The number of benzene rings is 2. The number of carbonyl (C=O) groups is 1. The van der Waals surface area contributed by atoms with Gasteiger partial charge in [-0.2, -0.15) is 18.2 Å². The van der Waals surface area contributed by atoms with Crippen molar-refractivity contribution in [2.75, 3.05) is 13.1 Å². The van der Waals surface area contributed by atoms with Crippen LogP contribution in [0, 0.1) is 0 Å². The van der Waals surface area contributed by atoms with Crippen LogP contribution in [0.4, 0.5) is 13.2 Å². The molecular weight excluding hydrogens is 461 g/mol. The Kier molecular flexibility index (Phi) is 6.84. The van der Waals surface area contributed by atoms with Crippen molar-refractivity contribution in [3.05, 3.63) is 66.0 Å². The van der Waals surface area contributed by atoms with Crippen LogP contribution >= 0.6 is 0 Å². The molecule has 186 valence electrons. The van der Waals surface area contributed by atoms with Crippen molar-refractivity contribution in [2.24, 2.45) is 5.73 Å². The number of carbonyl (C=O) groups excluding carboxylic acids is 1. The number of nitrogens with two attached hydrogens (primary N) is 1. The molecular formula is C25H27F3N4O3. The van der Waals surface area contributed by atoms with Crippen molar-refractivity contribution < 1.29 is 27.2 Å². The molecule has 7 nitrogen and oxygen atoms in total. The molecule has 2 aromatic carbocycles. The first-order chi connectivity index (χ1) is 16.6. The Morgan fingerprint density at radius 3 is 2.63 bits per heavy atom. The highest BCUT2D eigenvalue weighted by atomic mass is 19.4. The van der Waals surface area contributed by atoms with Crippen LogP contribution in [-0.2, 0) is 11.0 Å². The van der Waals surface area contributed by atoms with E-state index in [9.17, 15) is 18.0 Å². The third kappa shape index (κ3) is 5.48. The topological polar surface area (TPSA) is 94.5 Å². The fourth-order valence-electron chi connectivity index (χ4n) is 4.56. The van der Waals surface area contributed by atoms with Gasteiger partial charge in [0.05, 0.1) is 11.1 Å². The van der Waals surface area contributed by atoms with Gasteiger partial charge in [-0.15, -0.1) is 0 Å². The van der Waals surface area contributed by atoms with Crippen LogP contribution in [0.5, 0.6) is 5.75 Å². The van der Waals surface area contributed by atoms with Crippen LogP contribution in [0.1, 0.15) is 43.7 Å². The van der Waals surface area contributed by atoms with Crippen molar-refractivity contribution >= 4 is 5.91 Å². The number of nitrogens with zero attached hydrogens (tertiary/aromatic N) is 3. The number of rotatable bonds is 8. The summed E-state index contributed by atoms with van der Waals surface area (Å²) < 4.78 is 50.0. The summed E-state index contributed by atoms with van der Waals surface area (Å²) in [6, 6.07) is 12.5. The van der Waals surface area contributed by atoms with Crippen molar-refractivity contribution in [1.29, 1.82) is 0 Å².